The molecular weight excluding hydrogens is 308 g/mol. The zero-order chi connectivity index (χ0) is 13.7. The molecule has 0 aromatic heterocycles. The lowest BCUT2D eigenvalue weighted by Gasteiger charge is -2.26. The molecule has 1 aromatic carbocycles. The van der Waals surface area contributed by atoms with Gasteiger partial charge in [-0.25, -0.2) is 6.57 Å². The Morgan fingerprint density at radius 2 is 2.00 bits per heavy atom. The number of morpholine rings is 1. The Morgan fingerprint density at radius 3 is 2.58 bits per heavy atom. The topological polar surface area (TPSA) is 33.9 Å². The minimum Gasteiger partial charge on any atom is -0.378 e. The second-order valence-corrected chi connectivity index (χ2v) is 5.33. The minimum absolute atomic E-state index is 0.0822. The van der Waals surface area contributed by atoms with E-state index < -0.39 is 6.04 Å². The van der Waals surface area contributed by atoms with Crippen LogP contribution < -0.4 is 0 Å². The second kappa shape index (κ2) is 6.69. The van der Waals surface area contributed by atoms with Crippen LogP contribution in [0, 0.1) is 6.57 Å². The Morgan fingerprint density at radius 1 is 1.37 bits per heavy atom. The molecule has 1 heterocycles. The van der Waals surface area contributed by atoms with Gasteiger partial charge >= 0.3 is 11.9 Å². The van der Waals surface area contributed by atoms with Gasteiger partial charge in [-0.05, 0) is 17.7 Å². The lowest BCUT2D eigenvalue weighted by atomic mass is 10.1. The number of halogens is 1. The van der Waals surface area contributed by atoms with Crippen LogP contribution in [0.5, 0.6) is 0 Å². The standard InChI is InChI=1S/C14H15BrN2O2/c1-16-13(10-11-2-4-12(15)5-3-11)14(18)17-6-8-19-9-7-17/h2-5,13H,6-10H2. The van der Waals surface area contributed by atoms with Crippen molar-refractivity contribution in [3.63, 3.8) is 0 Å². The van der Waals surface area contributed by atoms with Gasteiger partial charge in [0.25, 0.3) is 0 Å². The van der Waals surface area contributed by atoms with Crippen molar-refractivity contribution < 1.29 is 9.53 Å². The Bertz CT molecular complexity index is 475. The molecule has 1 aliphatic rings. The van der Waals surface area contributed by atoms with Crippen LogP contribution in [0.15, 0.2) is 28.7 Å². The van der Waals surface area contributed by atoms with Gasteiger partial charge in [0.05, 0.1) is 19.6 Å². The molecule has 1 atom stereocenters. The molecule has 0 saturated carbocycles. The molecule has 1 aromatic rings. The van der Waals surface area contributed by atoms with Crippen LogP contribution in [0.3, 0.4) is 0 Å². The van der Waals surface area contributed by atoms with Gasteiger partial charge in [-0.15, -0.1) is 0 Å². The van der Waals surface area contributed by atoms with Crippen LogP contribution in [-0.2, 0) is 16.0 Å². The van der Waals surface area contributed by atoms with E-state index in [2.05, 4.69) is 20.8 Å². The molecule has 0 spiro atoms. The van der Waals surface area contributed by atoms with Gasteiger partial charge in [-0.1, -0.05) is 28.1 Å². The average molecular weight is 323 g/mol. The summed E-state index contributed by atoms with van der Waals surface area (Å²) in [5, 5.41) is 0. The summed E-state index contributed by atoms with van der Waals surface area (Å²) >= 11 is 3.37. The van der Waals surface area contributed by atoms with Crippen LogP contribution >= 0.6 is 15.9 Å². The number of benzene rings is 1. The van der Waals surface area contributed by atoms with Gasteiger partial charge in [0.1, 0.15) is 0 Å². The van der Waals surface area contributed by atoms with Crippen LogP contribution in [0.4, 0.5) is 0 Å². The van der Waals surface area contributed by atoms with E-state index in [9.17, 15) is 4.79 Å². The van der Waals surface area contributed by atoms with E-state index in [1.807, 2.05) is 24.3 Å². The summed E-state index contributed by atoms with van der Waals surface area (Å²) in [6, 6.07) is 7.11. The van der Waals surface area contributed by atoms with Gasteiger partial charge in [-0.3, -0.25) is 4.79 Å². The number of hydrogen-bond acceptors (Lipinski definition) is 2. The van der Waals surface area contributed by atoms with E-state index in [0.717, 1.165) is 10.0 Å². The third kappa shape index (κ3) is 3.79. The van der Waals surface area contributed by atoms with E-state index in [1.165, 1.54) is 0 Å². The molecule has 1 unspecified atom stereocenters. The van der Waals surface area contributed by atoms with Gasteiger partial charge in [0, 0.05) is 17.6 Å². The van der Waals surface area contributed by atoms with Crippen molar-refractivity contribution in [1.82, 2.24) is 4.90 Å². The average Bonchev–Trinajstić information content (AvgIpc) is 2.47. The Labute approximate surface area is 121 Å². The number of ether oxygens (including phenoxy) is 1. The third-order valence-corrected chi connectivity index (χ3v) is 3.63. The predicted octanol–water partition coefficient (Wildman–Crippen LogP) is 2.14. The molecule has 100 valence electrons. The van der Waals surface area contributed by atoms with Crippen molar-refractivity contribution in [1.29, 1.82) is 0 Å². The van der Waals surface area contributed by atoms with Crippen molar-refractivity contribution in [3.05, 3.63) is 45.7 Å². The monoisotopic (exact) mass is 322 g/mol. The number of carbonyl (C=O) groups is 1. The molecule has 19 heavy (non-hydrogen) atoms. The summed E-state index contributed by atoms with van der Waals surface area (Å²) in [6.45, 7) is 9.54. The highest BCUT2D eigenvalue weighted by atomic mass is 79.9. The SMILES string of the molecule is [C-]#[N+]C(Cc1ccc(Br)cc1)C(=O)N1CCOCC1. The molecule has 1 aliphatic heterocycles. The Balaban J connectivity index is 2.01. The van der Waals surface area contributed by atoms with E-state index in [-0.39, 0.29) is 5.91 Å². The first-order valence-electron chi connectivity index (χ1n) is 6.18. The summed E-state index contributed by atoms with van der Waals surface area (Å²) in [5.74, 6) is -0.0822. The van der Waals surface area contributed by atoms with Gasteiger partial charge in [0.15, 0.2) is 0 Å². The number of amides is 1. The van der Waals surface area contributed by atoms with E-state index in [1.54, 1.807) is 4.90 Å². The molecular formula is C14H15BrN2O2. The summed E-state index contributed by atoms with van der Waals surface area (Å²) in [5.41, 5.74) is 1.01. The van der Waals surface area contributed by atoms with Crippen LogP contribution in [0.25, 0.3) is 4.85 Å². The molecule has 1 fully saturated rings. The summed E-state index contributed by atoms with van der Waals surface area (Å²) in [4.78, 5) is 17.5. The van der Waals surface area contributed by atoms with Gasteiger partial charge in [-0.2, -0.15) is 0 Å². The predicted molar refractivity (Wildman–Crippen MR) is 75.6 cm³/mol. The maximum absolute atomic E-state index is 12.2. The highest BCUT2D eigenvalue weighted by Crippen LogP contribution is 2.14. The molecule has 1 saturated heterocycles. The fraction of sp³-hybridized carbons (Fsp3) is 0.429. The number of carbonyl (C=O) groups excluding carboxylic acids is 1. The maximum Gasteiger partial charge on any atom is 0.306 e. The molecule has 1 amide bonds. The van der Waals surface area contributed by atoms with Crippen LogP contribution in [-0.4, -0.2) is 43.2 Å². The van der Waals surface area contributed by atoms with Crippen molar-refractivity contribution in [2.75, 3.05) is 26.3 Å². The quantitative estimate of drug-likeness (QED) is 0.799. The zero-order valence-corrected chi connectivity index (χ0v) is 12.1. The van der Waals surface area contributed by atoms with Crippen molar-refractivity contribution in [2.24, 2.45) is 0 Å². The fourth-order valence-electron chi connectivity index (χ4n) is 2.03. The minimum atomic E-state index is -0.626. The normalized spacial score (nSPS) is 16.7. The van der Waals surface area contributed by atoms with E-state index in [4.69, 9.17) is 11.3 Å². The Kier molecular flexibility index (Phi) is 4.94. The first-order valence-corrected chi connectivity index (χ1v) is 6.97. The van der Waals surface area contributed by atoms with E-state index >= 15 is 0 Å². The van der Waals surface area contributed by atoms with Crippen molar-refractivity contribution in [2.45, 2.75) is 12.5 Å². The largest absolute Gasteiger partial charge is 0.378 e. The summed E-state index contributed by atoms with van der Waals surface area (Å²) in [7, 11) is 0. The highest BCUT2D eigenvalue weighted by molar-refractivity contribution is 9.10. The maximum atomic E-state index is 12.2. The summed E-state index contributed by atoms with van der Waals surface area (Å²) < 4.78 is 6.21. The van der Waals surface area contributed by atoms with Crippen molar-refractivity contribution >= 4 is 21.8 Å². The second-order valence-electron chi connectivity index (χ2n) is 4.41. The fourth-order valence-corrected chi connectivity index (χ4v) is 2.29. The zero-order valence-electron chi connectivity index (χ0n) is 10.5. The van der Waals surface area contributed by atoms with Gasteiger partial charge < -0.3 is 14.5 Å². The first kappa shape index (κ1) is 14.0. The molecule has 0 bridgehead atoms. The third-order valence-electron chi connectivity index (χ3n) is 3.11. The first-order chi connectivity index (χ1) is 9.20. The summed E-state index contributed by atoms with van der Waals surface area (Å²) in [6.07, 6.45) is 0.465. The van der Waals surface area contributed by atoms with Crippen molar-refractivity contribution in [3.8, 4) is 0 Å². The smallest absolute Gasteiger partial charge is 0.306 e. The number of nitrogens with zero attached hydrogens (tertiary/aromatic N) is 2. The highest BCUT2D eigenvalue weighted by Gasteiger charge is 2.30. The molecule has 0 N–H and O–H groups in total. The molecule has 0 radical (unpaired) electrons. The molecule has 4 nitrogen and oxygen atoms in total. The Hall–Kier alpha value is -1.38. The lowest BCUT2D eigenvalue weighted by Crippen LogP contribution is -2.45. The number of rotatable bonds is 3. The van der Waals surface area contributed by atoms with Gasteiger partial charge in [0.2, 0.25) is 0 Å². The van der Waals surface area contributed by atoms with Crippen LogP contribution in [0.2, 0.25) is 0 Å². The molecule has 5 heteroatoms. The number of hydrogen-bond donors (Lipinski definition) is 0. The molecule has 2 rings (SSSR count). The lowest BCUT2D eigenvalue weighted by molar-refractivity contribution is -0.135. The molecule has 0 aliphatic carbocycles. The van der Waals surface area contributed by atoms with E-state index in [0.29, 0.717) is 32.7 Å². The van der Waals surface area contributed by atoms with Crippen LogP contribution in [0.1, 0.15) is 5.56 Å².